The number of hydrogen-bond acceptors (Lipinski definition) is 2. The maximum atomic E-state index is 5.96. The van der Waals surface area contributed by atoms with E-state index in [9.17, 15) is 0 Å². The van der Waals surface area contributed by atoms with Crippen LogP contribution < -0.4 is 5.32 Å². The monoisotopic (exact) mass is 269 g/mol. The molecule has 0 aliphatic rings. The zero-order chi connectivity index (χ0) is 13.4. The number of hydrogen-bond donors (Lipinski definition) is 1. The summed E-state index contributed by atoms with van der Waals surface area (Å²) in [7, 11) is 1.73. The van der Waals surface area contributed by atoms with Crippen molar-refractivity contribution in [2.24, 2.45) is 0 Å². The molecule has 1 rings (SSSR count). The Morgan fingerprint density at radius 2 is 1.78 bits per heavy atom. The second-order valence-electron chi connectivity index (χ2n) is 4.66. The Labute approximate surface area is 116 Å². The van der Waals surface area contributed by atoms with Crippen LogP contribution in [0.2, 0.25) is 5.02 Å². The fourth-order valence-corrected chi connectivity index (χ4v) is 2.44. The van der Waals surface area contributed by atoms with E-state index in [4.69, 9.17) is 16.3 Å². The van der Waals surface area contributed by atoms with Crippen molar-refractivity contribution in [2.45, 2.75) is 32.1 Å². The quantitative estimate of drug-likeness (QED) is 0.728. The third-order valence-electron chi connectivity index (χ3n) is 3.76. The number of methoxy groups -OCH3 is 1. The van der Waals surface area contributed by atoms with Crippen LogP contribution in [0.15, 0.2) is 24.3 Å². The molecule has 0 unspecified atom stereocenters. The second-order valence-corrected chi connectivity index (χ2v) is 5.10. The van der Waals surface area contributed by atoms with Gasteiger partial charge in [-0.25, -0.2) is 0 Å². The van der Waals surface area contributed by atoms with Crippen molar-refractivity contribution < 1.29 is 4.74 Å². The van der Waals surface area contributed by atoms with Crippen LogP contribution in [-0.2, 0) is 10.2 Å². The first kappa shape index (κ1) is 15.5. The maximum Gasteiger partial charge on any atom is 0.0587 e. The van der Waals surface area contributed by atoms with E-state index in [1.165, 1.54) is 5.56 Å². The van der Waals surface area contributed by atoms with Gasteiger partial charge in [0.1, 0.15) is 0 Å². The zero-order valence-corrected chi connectivity index (χ0v) is 12.4. The Kier molecular flexibility index (Phi) is 6.69. The molecule has 0 heterocycles. The van der Waals surface area contributed by atoms with E-state index >= 15 is 0 Å². The highest BCUT2D eigenvalue weighted by Gasteiger charge is 2.27. The summed E-state index contributed by atoms with van der Waals surface area (Å²) in [4.78, 5) is 0. The molecule has 1 aromatic rings. The third kappa shape index (κ3) is 3.98. The van der Waals surface area contributed by atoms with E-state index in [0.29, 0.717) is 0 Å². The van der Waals surface area contributed by atoms with Crippen LogP contribution in [0.5, 0.6) is 0 Å². The lowest BCUT2D eigenvalue weighted by molar-refractivity contribution is 0.195. The van der Waals surface area contributed by atoms with Gasteiger partial charge in [0.15, 0.2) is 0 Å². The molecule has 0 saturated heterocycles. The van der Waals surface area contributed by atoms with Gasteiger partial charge in [0.25, 0.3) is 0 Å². The number of nitrogens with one attached hydrogen (secondary N) is 1. The van der Waals surface area contributed by atoms with Crippen molar-refractivity contribution in [1.29, 1.82) is 0 Å². The summed E-state index contributed by atoms with van der Waals surface area (Å²) in [5, 5.41) is 4.28. The fraction of sp³-hybridized carbons (Fsp3) is 0.600. The summed E-state index contributed by atoms with van der Waals surface area (Å²) in [6.45, 7) is 7.12. The third-order valence-corrected chi connectivity index (χ3v) is 4.01. The lowest BCUT2D eigenvalue weighted by atomic mass is 9.76. The molecule has 0 radical (unpaired) electrons. The topological polar surface area (TPSA) is 21.3 Å². The first-order chi connectivity index (χ1) is 8.68. The predicted molar refractivity (Wildman–Crippen MR) is 78.5 cm³/mol. The summed E-state index contributed by atoms with van der Waals surface area (Å²) in [5.41, 5.74) is 1.56. The standard InChI is InChI=1S/C15H24ClNO/c1-4-15(5-2,12-17-10-11-18-3)13-6-8-14(16)9-7-13/h6-9,17H,4-5,10-12H2,1-3H3. The molecule has 0 aromatic heterocycles. The number of halogens is 1. The maximum absolute atomic E-state index is 5.96. The van der Waals surface area contributed by atoms with Crippen LogP contribution in [-0.4, -0.2) is 26.8 Å². The van der Waals surface area contributed by atoms with Crippen LogP contribution in [0.4, 0.5) is 0 Å². The van der Waals surface area contributed by atoms with Gasteiger partial charge in [-0.05, 0) is 30.5 Å². The van der Waals surface area contributed by atoms with E-state index < -0.39 is 0 Å². The molecule has 1 aromatic carbocycles. The highest BCUT2D eigenvalue weighted by atomic mass is 35.5. The normalized spacial score (nSPS) is 11.8. The van der Waals surface area contributed by atoms with Gasteiger partial charge >= 0.3 is 0 Å². The van der Waals surface area contributed by atoms with Crippen LogP contribution >= 0.6 is 11.6 Å². The average Bonchev–Trinajstić information content (AvgIpc) is 2.41. The Hall–Kier alpha value is -0.570. The van der Waals surface area contributed by atoms with Gasteiger partial charge in [0, 0.05) is 30.6 Å². The highest BCUT2D eigenvalue weighted by molar-refractivity contribution is 6.30. The first-order valence-corrected chi connectivity index (χ1v) is 7.02. The van der Waals surface area contributed by atoms with Crippen LogP contribution in [0.1, 0.15) is 32.3 Å². The Morgan fingerprint density at radius 1 is 1.17 bits per heavy atom. The van der Waals surface area contributed by atoms with Crippen molar-refractivity contribution in [3.63, 3.8) is 0 Å². The molecule has 0 aliphatic carbocycles. The van der Waals surface area contributed by atoms with Crippen molar-refractivity contribution >= 4 is 11.6 Å². The lowest BCUT2D eigenvalue weighted by Gasteiger charge is -2.33. The first-order valence-electron chi connectivity index (χ1n) is 6.64. The van der Waals surface area contributed by atoms with Gasteiger partial charge in [-0.15, -0.1) is 0 Å². The highest BCUT2D eigenvalue weighted by Crippen LogP contribution is 2.31. The SMILES string of the molecule is CCC(CC)(CNCCOC)c1ccc(Cl)cc1. The molecule has 18 heavy (non-hydrogen) atoms. The molecule has 3 heteroatoms. The van der Waals surface area contributed by atoms with E-state index in [-0.39, 0.29) is 5.41 Å². The van der Waals surface area contributed by atoms with Gasteiger partial charge in [-0.1, -0.05) is 37.6 Å². The summed E-state index contributed by atoms with van der Waals surface area (Å²) in [6.07, 6.45) is 2.23. The molecule has 2 nitrogen and oxygen atoms in total. The molecular formula is C15H24ClNO. The molecule has 1 N–H and O–H groups in total. The molecular weight excluding hydrogens is 246 g/mol. The molecule has 0 atom stereocenters. The van der Waals surface area contributed by atoms with Crippen molar-refractivity contribution in [1.82, 2.24) is 5.32 Å². The molecule has 0 aliphatic heterocycles. The minimum atomic E-state index is 0.193. The van der Waals surface area contributed by atoms with E-state index in [1.807, 2.05) is 12.1 Å². The predicted octanol–water partition coefficient (Wildman–Crippen LogP) is 3.63. The minimum absolute atomic E-state index is 0.193. The fourth-order valence-electron chi connectivity index (χ4n) is 2.32. The van der Waals surface area contributed by atoms with Crippen molar-refractivity contribution in [2.75, 3.05) is 26.8 Å². The molecule has 102 valence electrons. The van der Waals surface area contributed by atoms with E-state index in [2.05, 4.69) is 31.3 Å². The van der Waals surface area contributed by atoms with Gasteiger partial charge < -0.3 is 10.1 Å². The molecule has 0 saturated carbocycles. The lowest BCUT2D eigenvalue weighted by Crippen LogP contribution is -2.38. The summed E-state index contributed by atoms with van der Waals surface area (Å²) in [5.74, 6) is 0. The summed E-state index contributed by atoms with van der Waals surface area (Å²) in [6, 6.07) is 8.25. The Bertz CT molecular complexity index is 333. The van der Waals surface area contributed by atoms with E-state index in [1.54, 1.807) is 7.11 Å². The van der Waals surface area contributed by atoms with Crippen LogP contribution in [0, 0.1) is 0 Å². The van der Waals surface area contributed by atoms with Crippen LogP contribution in [0.25, 0.3) is 0 Å². The Morgan fingerprint density at radius 3 is 2.28 bits per heavy atom. The smallest absolute Gasteiger partial charge is 0.0587 e. The zero-order valence-electron chi connectivity index (χ0n) is 11.6. The van der Waals surface area contributed by atoms with Gasteiger partial charge in [-0.2, -0.15) is 0 Å². The van der Waals surface area contributed by atoms with Gasteiger partial charge in [0.05, 0.1) is 6.61 Å². The van der Waals surface area contributed by atoms with Crippen molar-refractivity contribution in [3.05, 3.63) is 34.9 Å². The largest absolute Gasteiger partial charge is 0.383 e. The minimum Gasteiger partial charge on any atom is -0.383 e. The molecule has 0 fully saturated rings. The Balaban J connectivity index is 2.75. The van der Waals surface area contributed by atoms with Gasteiger partial charge in [-0.3, -0.25) is 0 Å². The molecule has 0 amide bonds. The number of rotatable bonds is 8. The van der Waals surface area contributed by atoms with Gasteiger partial charge in [0.2, 0.25) is 0 Å². The summed E-state index contributed by atoms with van der Waals surface area (Å²) >= 11 is 5.96. The second kappa shape index (κ2) is 7.78. The molecule has 0 bridgehead atoms. The number of ether oxygens (including phenoxy) is 1. The van der Waals surface area contributed by atoms with E-state index in [0.717, 1.165) is 37.6 Å². The number of benzene rings is 1. The average molecular weight is 270 g/mol. The van der Waals surface area contributed by atoms with Crippen LogP contribution in [0.3, 0.4) is 0 Å². The van der Waals surface area contributed by atoms with Crippen molar-refractivity contribution in [3.8, 4) is 0 Å². The summed E-state index contributed by atoms with van der Waals surface area (Å²) < 4.78 is 5.07. The molecule has 0 spiro atoms.